The van der Waals surface area contributed by atoms with Crippen LogP contribution in [0.5, 0.6) is 0 Å². The third kappa shape index (κ3) is 3.91. The first kappa shape index (κ1) is 17.6. The lowest BCUT2D eigenvalue weighted by atomic mass is 9.98. The molecule has 2 aromatic rings. The van der Waals surface area contributed by atoms with Crippen molar-refractivity contribution in [3.63, 3.8) is 0 Å². The summed E-state index contributed by atoms with van der Waals surface area (Å²) in [5.74, 6) is -0.500. The van der Waals surface area contributed by atoms with E-state index in [0.717, 1.165) is 19.3 Å². The van der Waals surface area contributed by atoms with Gasteiger partial charge in [0.2, 0.25) is 10.0 Å². The Labute approximate surface area is 147 Å². The van der Waals surface area contributed by atoms with E-state index in [4.69, 9.17) is 0 Å². The Morgan fingerprint density at radius 1 is 1.24 bits per heavy atom. The van der Waals surface area contributed by atoms with Gasteiger partial charge < -0.3 is 4.74 Å². The van der Waals surface area contributed by atoms with Gasteiger partial charge >= 0.3 is 5.97 Å². The van der Waals surface area contributed by atoms with E-state index in [1.165, 1.54) is 49.1 Å². The Hall–Kier alpha value is -2.19. The molecule has 0 saturated carbocycles. The van der Waals surface area contributed by atoms with Crippen molar-refractivity contribution < 1.29 is 17.9 Å². The van der Waals surface area contributed by atoms with Crippen LogP contribution in [-0.2, 0) is 34.1 Å². The first-order valence-electron chi connectivity index (χ1n) is 8.23. The molecule has 0 unspecified atom stereocenters. The summed E-state index contributed by atoms with van der Waals surface area (Å²) >= 11 is 0. The second-order valence-corrected chi connectivity index (χ2v) is 7.73. The van der Waals surface area contributed by atoms with E-state index >= 15 is 0 Å². The number of hydrogen-bond acceptors (Lipinski definition) is 5. The molecule has 134 valence electrons. The molecular formula is C17H21N3O4S. The molecule has 0 aliphatic heterocycles. The summed E-state index contributed by atoms with van der Waals surface area (Å²) in [7, 11) is -2.35. The largest absolute Gasteiger partial charge is 0.465 e. The van der Waals surface area contributed by atoms with Crippen LogP contribution in [0, 0.1) is 0 Å². The zero-order chi connectivity index (χ0) is 17.9. The van der Waals surface area contributed by atoms with Crippen LogP contribution >= 0.6 is 0 Å². The minimum atomic E-state index is -3.63. The summed E-state index contributed by atoms with van der Waals surface area (Å²) in [4.78, 5) is 11.5. The van der Waals surface area contributed by atoms with Crippen LogP contribution < -0.4 is 4.72 Å². The Morgan fingerprint density at radius 2 is 1.96 bits per heavy atom. The van der Waals surface area contributed by atoms with Gasteiger partial charge in [-0.2, -0.15) is 5.10 Å². The van der Waals surface area contributed by atoms with Crippen LogP contribution in [0.1, 0.15) is 34.5 Å². The number of methoxy groups -OCH3 is 1. The zero-order valence-corrected chi connectivity index (χ0v) is 14.9. The van der Waals surface area contributed by atoms with Gasteiger partial charge in [-0.3, -0.25) is 4.68 Å². The van der Waals surface area contributed by atoms with Crippen LogP contribution in [0.3, 0.4) is 0 Å². The maximum Gasteiger partial charge on any atom is 0.337 e. The summed E-state index contributed by atoms with van der Waals surface area (Å²) in [6, 6.07) is 5.66. The van der Waals surface area contributed by atoms with Crippen molar-refractivity contribution in [2.75, 3.05) is 13.7 Å². The third-order valence-corrected chi connectivity index (χ3v) is 5.82. The van der Waals surface area contributed by atoms with Crippen LogP contribution in [-0.4, -0.2) is 37.8 Å². The minimum absolute atomic E-state index is 0.114. The number of nitrogens with zero attached hydrogens (tertiary/aromatic N) is 2. The number of nitrogens with one attached hydrogen (secondary N) is 1. The molecular weight excluding hydrogens is 342 g/mol. The molecule has 0 bridgehead atoms. The van der Waals surface area contributed by atoms with Crippen molar-refractivity contribution in [3.05, 3.63) is 47.3 Å². The van der Waals surface area contributed by atoms with Crippen LogP contribution in [0.15, 0.2) is 35.4 Å². The molecule has 0 radical (unpaired) electrons. The first-order valence-corrected chi connectivity index (χ1v) is 9.71. The van der Waals surface area contributed by atoms with Gasteiger partial charge in [0.25, 0.3) is 0 Å². The number of hydrogen-bond donors (Lipinski definition) is 1. The number of esters is 1. The van der Waals surface area contributed by atoms with Crippen molar-refractivity contribution in [3.8, 4) is 0 Å². The van der Waals surface area contributed by atoms with Crippen LogP contribution in [0.25, 0.3) is 0 Å². The fourth-order valence-electron chi connectivity index (χ4n) is 3.01. The standard InChI is InChI=1S/C17H21N3O4S/c1-24-17(21)13-6-8-15(9-7-13)25(22,23)19-10-11-20-16-5-3-2-4-14(16)12-18-20/h6-9,12,19H,2-5,10-11H2,1H3. The van der Waals surface area contributed by atoms with Crippen molar-refractivity contribution in [1.29, 1.82) is 0 Å². The van der Waals surface area contributed by atoms with Gasteiger partial charge in [-0.1, -0.05) is 0 Å². The summed E-state index contributed by atoms with van der Waals surface area (Å²) in [5.41, 5.74) is 2.80. The number of benzene rings is 1. The molecule has 3 rings (SSSR count). The van der Waals surface area contributed by atoms with E-state index < -0.39 is 16.0 Å². The molecule has 1 aliphatic carbocycles. The van der Waals surface area contributed by atoms with Gasteiger partial charge in [0.15, 0.2) is 0 Å². The fourth-order valence-corrected chi connectivity index (χ4v) is 4.03. The number of aromatic nitrogens is 2. The fraction of sp³-hybridized carbons (Fsp3) is 0.412. The summed E-state index contributed by atoms with van der Waals surface area (Å²) < 4.78 is 33.8. The molecule has 25 heavy (non-hydrogen) atoms. The predicted octanol–water partition coefficient (Wildman–Crippen LogP) is 1.53. The highest BCUT2D eigenvalue weighted by Gasteiger charge is 2.17. The van der Waals surface area contributed by atoms with Crippen molar-refractivity contribution >= 4 is 16.0 Å². The van der Waals surface area contributed by atoms with E-state index in [9.17, 15) is 13.2 Å². The van der Waals surface area contributed by atoms with Gasteiger partial charge in [-0.05, 0) is 55.5 Å². The van der Waals surface area contributed by atoms with Gasteiger partial charge in [0, 0.05) is 12.2 Å². The topological polar surface area (TPSA) is 90.3 Å². The molecule has 1 aromatic carbocycles. The third-order valence-electron chi connectivity index (χ3n) is 4.35. The molecule has 0 atom stereocenters. The van der Waals surface area contributed by atoms with Crippen molar-refractivity contribution in [1.82, 2.24) is 14.5 Å². The SMILES string of the molecule is COC(=O)c1ccc(S(=O)(=O)NCCn2ncc3c2CCCC3)cc1. The number of aryl methyl sites for hydroxylation is 1. The maximum atomic E-state index is 12.3. The van der Waals surface area contributed by atoms with E-state index in [-0.39, 0.29) is 11.4 Å². The highest BCUT2D eigenvalue weighted by atomic mass is 32.2. The number of rotatable bonds is 6. The molecule has 7 nitrogen and oxygen atoms in total. The number of ether oxygens (including phenoxy) is 1. The number of fused-ring (bicyclic) bond motifs is 1. The highest BCUT2D eigenvalue weighted by Crippen LogP contribution is 2.20. The van der Waals surface area contributed by atoms with Gasteiger partial charge in [-0.25, -0.2) is 17.9 Å². The van der Waals surface area contributed by atoms with E-state index in [1.807, 2.05) is 10.9 Å². The van der Waals surface area contributed by atoms with Gasteiger partial charge in [0.05, 0.1) is 30.3 Å². The Bertz CT molecular complexity index is 857. The number of carbonyl (C=O) groups is 1. The Balaban J connectivity index is 1.62. The summed E-state index contributed by atoms with van der Waals surface area (Å²) in [5, 5.41) is 4.36. The summed E-state index contributed by atoms with van der Waals surface area (Å²) in [6.07, 6.45) is 6.27. The normalized spacial score (nSPS) is 14.1. The number of carbonyl (C=O) groups excluding carboxylic acids is 1. The molecule has 1 aromatic heterocycles. The van der Waals surface area contributed by atoms with Gasteiger partial charge in [-0.15, -0.1) is 0 Å². The molecule has 0 saturated heterocycles. The highest BCUT2D eigenvalue weighted by molar-refractivity contribution is 7.89. The van der Waals surface area contributed by atoms with Crippen molar-refractivity contribution in [2.45, 2.75) is 37.1 Å². The van der Waals surface area contributed by atoms with Crippen molar-refractivity contribution in [2.24, 2.45) is 0 Å². The average molecular weight is 363 g/mol. The Morgan fingerprint density at radius 3 is 2.68 bits per heavy atom. The first-order chi connectivity index (χ1) is 12.0. The van der Waals surface area contributed by atoms with Crippen LogP contribution in [0.4, 0.5) is 0 Å². The lowest BCUT2D eigenvalue weighted by Crippen LogP contribution is -2.28. The molecule has 0 amide bonds. The van der Waals surface area contributed by atoms with Crippen LogP contribution in [0.2, 0.25) is 0 Å². The molecule has 0 spiro atoms. The minimum Gasteiger partial charge on any atom is -0.465 e. The van der Waals surface area contributed by atoms with E-state index in [0.29, 0.717) is 12.1 Å². The molecule has 1 N–H and O–H groups in total. The van der Waals surface area contributed by atoms with Gasteiger partial charge in [0.1, 0.15) is 0 Å². The molecule has 0 fully saturated rings. The second-order valence-electron chi connectivity index (χ2n) is 5.96. The summed E-state index contributed by atoms with van der Waals surface area (Å²) in [6.45, 7) is 0.754. The Kier molecular flexibility index (Phi) is 5.19. The monoisotopic (exact) mass is 363 g/mol. The second kappa shape index (κ2) is 7.37. The number of sulfonamides is 1. The predicted molar refractivity (Wildman–Crippen MR) is 91.8 cm³/mol. The lowest BCUT2D eigenvalue weighted by molar-refractivity contribution is 0.0600. The molecule has 8 heteroatoms. The molecule has 1 heterocycles. The van der Waals surface area contributed by atoms with E-state index in [2.05, 4.69) is 14.6 Å². The smallest absolute Gasteiger partial charge is 0.337 e. The average Bonchev–Trinajstić information content (AvgIpc) is 3.04. The zero-order valence-electron chi connectivity index (χ0n) is 14.1. The lowest BCUT2D eigenvalue weighted by Gasteiger charge is -2.14. The maximum absolute atomic E-state index is 12.3. The quantitative estimate of drug-likeness (QED) is 0.786. The molecule has 1 aliphatic rings. The van der Waals surface area contributed by atoms with E-state index in [1.54, 1.807) is 0 Å².